The zero-order chi connectivity index (χ0) is 9.35. The monoisotopic (exact) mass is 170 g/mol. The molecule has 1 aromatic rings. The van der Waals surface area contributed by atoms with Crippen molar-refractivity contribution in [3.63, 3.8) is 0 Å². The molecule has 1 N–H and O–H groups in total. The summed E-state index contributed by atoms with van der Waals surface area (Å²) in [6.07, 6.45) is 1.52. The van der Waals surface area contributed by atoms with E-state index in [1.807, 2.05) is 12.1 Å². The Kier molecular flexibility index (Phi) is 1.95. The Labute approximate surface area is 71.0 Å². The first kappa shape index (κ1) is 8.83. The molecule has 0 bridgehead atoms. The van der Waals surface area contributed by atoms with E-state index < -0.39 is 0 Å². The van der Waals surface area contributed by atoms with E-state index in [0.717, 1.165) is 0 Å². The Morgan fingerprint density at radius 1 is 1.58 bits per heavy atom. The number of nitrogens with one attached hydrogen (secondary N) is 1. The van der Waals surface area contributed by atoms with Gasteiger partial charge in [0, 0.05) is 5.54 Å². The number of rotatable bonds is 1. The molecule has 0 saturated carbocycles. The summed E-state index contributed by atoms with van der Waals surface area (Å²) in [6.45, 7) is 6.16. The fourth-order valence-corrected chi connectivity index (χ4v) is 0.687. The van der Waals surface area contributed by atoms with Crippen molar-refractivity contribution in [2.75, 3.05) is 12.1 Å². The molecule has 1 heterocycles. The van der Waals surface area contributed by atoms with Crippen LogP contribution in [0, 0.1) is 5.41 Å². The third kappa shape index (κ3) is 1.66. The topological polar surface area (TPSA) is 58.2 Å². The minimum Gasteiger partial charge on any atom is -0.380 e. The van der Waals surface area contributed by atoms with Gasteiger partial charge in [0.15, 0.2) is 0 Å². The molecular weight excluding hydrogens is 156 g/mol. The van der Waals surface area contributed by atoms with Crippen LogP contribution in [-0.4, -0.2) is 12.6 Å². The van der Waals surface area contributed by atoms with Crippen LogP contribution in [0.1, 0.15) is 20.8 Å². The molecule has 0 amide bonds. The van der Waals surface area contributed by atoms with Crippen LogP contribution < -0.4 is 20.6 Å². The summed E-state index contributed by atoms with van der Waals surface area (Å²) in [5.41, 5.74) is 0.0275. The molecule has 0 aliphatic rings. The van der Waals surface area contributed by atoms with Crippen molar-refractivity contribution in [1.82, 2.24) is 5.27 Å². The van der Waals surface area contributed by atoms with Crippen LogP contribution in [0.5, 0.6) is 0 Å². The van der Waals surface area contributed by atoms with Gasteiger partial charge in [-0.25, -0.2) is 0 Å². The van der Waals surface area contributed by atoms with Crippen LogP contribution in [0.3, 0.4) is 0 Å². The van der Waals surface area contributed by atoms with Gasteiger partial charge in [-0.1, -0.05) is 25.6 Å². The van der Waals surface area contributed by atoms with Gasteiger partial charge >= 0.3 is 0 Å². The molecule has 0 aromatic carbocycles. The van der Waals surface area contributed by atoms with Crippen molar-refractivity contribution >= 4 is 0 Å². The number of aromatic nitrogens is 2. The Morgan fingerprint density at radius 3 is 2.50 bits per heavy atom. The highest BCUT2D eigenvalue weighted by Crippen LogP contribution is 2.03. The second-order valence-electron chi connectivity index (χ2n) is 3.68. The lowest BCUT2D eigenvalue weighted by molar-refractivity contribution is -0.767. The number of hydrogen-bond donors (Lipinski definition) is 1. The summed E-state index contributed by atoms with van der Waals surface area (Å²) in [7, 11) is 1.89. The van der Waals surface area contributed by atoms with Crippen LogP contribution in [0.25, 0.3) is 0 Å². The molecule has 0 radical (unpaired) electrons. The number of hydrogen-bond acceptors (Lipinski definition) is 3. The smallest absolute Gasteiger partial charge is 0.286 e. The van der Waals surface area contributed by atoms with E-state index in [1.165, 1.54) is 11.0 Å². The summed E-state index contributed by atoms with van der Waals surface area (Å²) in [5, 5.41) is 12.7. The predicted molar refractivity (Wildman–Crippen MR) is 42.0 cm³/mol. The van der Waals surface area contributed by atoms with E-state index >= 15 is 0 Å². The molecule has 0 atom stereocenters. The Hall–Kier alpha value is -1.26. The predicted octanol–water partition coefficient (Wildman–Crippen LogP) is -0.630. The van der Waals surface area contributed by atoms with Gasteiger partial charge < -0.3 is 4.52 Å². The Balaban J connectivity index is 2.92. The Bertz CT molecular complexity index is 306. The quantitative estimate of drug-likeness (QED) is 0.571. The lowest BCUT2D eigenvalue weighted by atomic mass is 10.1. The van der Waals surface area contributed by atoms with E-state index in [2.05, 4.69) is 30.6 Å². The SMILES string of the molecule is CN([n+]1cc(=N)o[n-]1)C(C)(C)C. The summed E-state index contributed by atoms with van der Waals surface area (Å²) in [4.78, 5) is 1.52. The fourth-order valence-electron chi connectivity index (χ4n) is 0.687. The maximum absolute atomic E-state index is 7.14. The van der Waals surface area contributed by atoms with Gasteiger partial charge in [0.2, 0.25) is 0 Å². The Morgan fingerprint density at radius 2 is 2.17 bits per heavy atom. The summed E-state index contributed by atoms with van der Waals surface area (Å²) in [5.74, 6) is 0. The third-order valence-electron chi connectivity index (χ3n) is 1.73. The van der Waals surface area contributed by atoms with Crippen molar-refractivity contribution < 1.29 is 9.31 Å². The molecule has 12 heavy (non-hydrogen) atoms. The van der Waals surface area contributed by atoms with Crippen LogP contribution in [0.2, 0.25) is 0 Å². The normalized spacial score (nSPS) is 11.7. The van der Waals surface area contributed by atoms with E-state index in [-0.39, 0.29) is 11.1 Å². The summed E-state index contributed by atoms with van der Waals surface area (Å²) < 4.78 is 4.62. The fraction of sp³-hybridized carbons (Fsp3) is 0.714. The first-order valence-electron chi connectivity index (χ1n) is 3.75. The van der Waals surface area contributed by atoms with E-state index in [9.17, 15) is 0 Å². The summed E-state index contributed by atoms with van der Waals surface area (Å²) >= 11 is 0. The second-order valence-corrected chi connectivity index (χ2v) is 3.68. The first-order valence-corrected chi connectivity index (χ1v) is 3.75. The molecule has 5 heteroatoms. The molecule has 5 nitrogen and oxygen atoms in total. The van der Waals surface area contributed by atoms with Gasteiger partial charge in [0.1, 0.15) is 0 Å². The minimum atomic E-state index is -0.0337. The number of nitrogens with zero attached hydrogens (tertiary/aromatic N) is 3. The molecule has 0 aliphatic carbocycles. The van der Waals surface area contributed by atoms with Crippen molar-refractivity contribution in [2.45, 2.75) is 26.3 Å². The van der Waals surface area contributed by atoms with E-state index in [4.69, 9.17) is 5.41 Å². The highest BCUT2D eigenvalue weighted by molar-refractivity contribution is 4.83. The molecule has 1 aromatic heterocycles. The van der Waals surface area contributed by atoms with Gasteiger partial charge in [-0.05, 0) is 12.3 Å². The largest absolute Gasteiger partial charge is 0.380 e. The van der Waals surface area contributed by atoms with Crippen LogP contribution in [0.4, 0.5) is 0 Å². The zero-order valence-corrected chi connectivity index (χ0v) is 7.83. The van der Waals surface area contributed by atoms with E-state index in [1.54, 1.807) is 0 Å². The van der Waals surface area contributed by atoms with Gasteiger partial charge in [-0.15, -0.1) is 0 Å². The molecule has 1 rings (SSSR count). The first-order chi connectivity index (χ1) is 5.41. The molecule has 68 valence electrons. The molecule has 0 fully saturated rings. The molecule has 0 aliphatic heterocycles. The van der Waals surface area contributed by atoms with Crippen molar-refractivity contribution in [3.8, 4) is 0 Å². The molecule has 0 unspecified atom stereocenters. The lowest BCUT2D eigenvalue weighted by Crippen LogP contribution is -2.65. The maximum Gasteiger partial charge on any atom is 0.286 e. The lowest BCUT2D eigenvalue weighted by Gasteiger charge is -2.31. The van der Waals surface area contributed by atoms with Gasteiger partial charge in [0.05, 0.1) is 0 Å². The molecule has 0 spiro atoms. The third-order valence-corrected chi connectivity index (χ3v) is 1.73. The molecule has 0 saturated heterocycles. The van der Waals surface area contributed by atoms with Crippen LogP contribution in [-0.2, 0) is 0 Å². The standard InChI is InChI=1S/C7H14N4O/c1-7(2,3)10(4)11-5-6(8)12-9-11/h5,8H,1-4H3. The van der Waals surface area contributed by atoms with Crippen LogP contribution >= 0.6 is 0 Å². The second kappa shape index (κ2) is 2.66. The average Bonchev–Trinajstić information content (AvgIpc) is 2.32. The van der Waals surface area contributed by atoms with Gasteiger partial charge in [-0.3, -0.25) is 10.4 Å². The molecular formula is C7H14N4O. The van der Waals surface area contributed by atoms with Gasteiger partial charge in [0.25, 0.3) is 11.8 Å². The maximum atomic E-state index is 7.14. The average molecular weight is 170 g/mol. The van der Waals surface area contributed by atoms with E-state index in [0.29, 0.717) is 0 Å². The van der Waals surface area contributed by atoms with Crippen LogP contribution in [0.15, 0.2) is 10.7 Å². The van der Waals surface area contributed by atoms with Crippen molar-refractivity contribution in [1.29, 1.82) is 5.41 Å². The highest BCUT2D eigenvalue weighted by atomic mass is 16.5. The van der Waals surface area contributed by atoms with Gasteiger partial charge in [-0.2, -0.15) is 0 Å². The zero-order valence-electron chi connectivity index (χ0n) is 7.83. The van der Waals surface area contributed by atoms with Crippen molar-refractivity contribution in [3.05, 3.63) is 11.8 Å². The van der Waals surface area contributed by atoms with Crippen molar-refractivity contribution in [2.24, 2.45) is 0 Å². The highest BCUT2D eigenvalue weighted by Gasteiger charge is 2.17. The minimum absolute atomic E-state index is 0.0337. The summed E-state index contributed by atoms with van der Waals surface area (Å²) in [6, 6.07) is 0.